The second kappa shape index (κ2) is 5.67. The summed E-state index contributed by atoms with van der Waals surface area (Å²) in [5.74, 6) is -0.219. The molecule has 0 aromatic heterocycles. The van der Waals surface area contributed by atoms with Crippen molar-refractivity contribution in [2.45, 2.75) is 13.8 Å². The van der Waals surface area contributed by atoms with Crippen LogP contribution in [0.2, 0.25) is 0 Å². The highest BCUT2D eigenvalue weighted by atomic mass is 16.2. The molecule has 0 aliphatic rings. The first-order valence-electron chi connectivity index (χ1n) is 5.85. The normalized spacial score (nSPS) is 10.1. The summed E-state index contributed by atoms with van der Waals surface area (Å²) < 4.78 is 0. The fourth-order valence-corrected chi connectivity index (χ4v) is 1.51. The maximum Gasteiger partial charge on any atom is 0.254 e. The van der Waals surface area contributed by atoms with Crippen molar-refractivity contribution in [3.05, 3.63) is 34.9 Å². The summed E-state index contributed by atoms with van der Waals surface area (Å²) in [4.78, 5) is 26.6. The van der Waals surface area contributed by atoms with E-state index in [-0.39, 0.29) is 18.4 Å². The number of carbonyl (C=O) groups is 2. The summed E-state index contributed by atoms with van der Waals surface area (Å²) in [5, 5.41) is 0. The van der Waals surface area contributed by atoms with Gasteiger partial charge in [-0.3, -0.25) is 9.59 Å². The van der Waals surface area contributed by atoms with Gasteiger partial charge in [-0.1, -0.05) is 6.07 Å². The molecule has 0 saturated heterocycles. The lowest BCUT2D eigenvalue weighted by Crippen LogP contribution is -2.37. The van der Waals surface area contributed by atoms with Gasteiger partial charge in [-0.25, -0.2) is 0 Å². The molecule has 0 atom stereocenters. The third kappa shape index (κ3) is 3.32. The van der Waals surface area contributed by atoms with Gasteiger partial charge in [-0.05, 0) is 37.1 Å². The quantitative estimate of drug-likeness (QED) is 0.812. The minimum atomic E-state index is -0.131. The lowest BCUT2D eigenvalue weighted by Gasteiger charge is -2.19. The Morgan fingerprint density at radius 2 is 1.67 bits per heavy atom. The number of amides is 2. The Morgan fingerprint density at radius 3 is 2.17 bits per heavy atom. The van der Waals surface area contributed by atoms with Crippen molar-refractivity contribution in [3.8, 4) is 0 Å². The summed E-state index contributed by atoms with van der Waals surface area (Å²) in [5.41, 5.74) is 2.85. The number of aryl methyl sites for hydroxylation is 2. The Bertz CT molecular complexity index is 467. The largest absolute Gasteiger partial charge is 0.347 e. The Morgan fingerprint density at radius 1 is 1.06 bits per heavy atom. The number of carbonyl (C=O) groups excluding carboxylic acids is 2. The standard InChI is InChI=1S/C14H20N2O2/c1-10-6-7-12(8-11(10)2)14(18)16(5)9-13(17)15(3)4/h6-8H,9H2,1-5H3. The summed E-state index contributed by atoms with van der Waals surface area (Å²) in [6, 6.07) is 5.57. The van der Waals surface area contributed by atoms with E-state index in [1.807, 2.05) is 26.0 Å². The van der Waals surface area contributed by atoms with Crippen LogP contribution < -0.4 is 0 Å². The molecule has 0 saturated carbocycles. The summed E-state index contributed by atoms with van der Waals surface area (Å²) in [6.45, 7) is 4.07. The molecule has 0 unspecified atom stereocenters. The number of nitrogens with zero attached hydrogens (tertiary/aromatic N) is 2. The van der Waals surface area contributed by atoms with Gasteiger partial charge in [-0.15, -0.1) is 0 Å². The Hall–Kier alpha value is -1.84. The number of hydrogen-bond donors (Lipinski definition) is 0. The fourth-order valence-electron chi connectivity index (χ4n) is 1.51. The highest BCUT2D eigenvalue weighted by molar-refractivity contribution is 5.96. The molecule has 18 heavy (non-hydrogen) atoms. The van der Waals surface area contributed by atoms with Gasteiger partial charge in [0.25, 0.3) is 5.91 Å². The first kappa shape index (κ1) is 14.2. The van der Waals surface area contributed by atoms with Gasteiger partial charge in [0.2, 0.25) is 5.91 Å². The van der Waals surface area contributed by atoms with Crippen molar-refractivity contribution in [1.82, 2.24) is 9.80 Å². The summed E-state index contributed by atoms with van der Waals surface area (Å²) >= 11 is 0. The predicted molar refractivity (Wildman–Crippen MR) is 71.6 cm³/mol. The van der Waals surface area contributed by atoms with Crippen LogP contribution in [-0.4, -0.2) is 49.3 Å². The zero-order valence-corrected chi connectivity index (χ0v) is 11.7. The molecule has 2 amide bonds. The van der Waals surface area contributed by atoms with Crippen molar-refractivity contribution in [1.29, 1.82) is 0 Å². The van der Waals surface area contributed by atoms with E-state index in [4.69, 9.17) is 0 Å². The fraction of sp³-hybridized carbons (Fsp3) is 0.429. The molecule has 1 aromatic rings. The van der Waals surface area contributed by atoms with E-state index in [0.29, 0.717) is 5.56 Å². The molecule has 98 valence electrons. The lowest BCUT2D eigenvalue weighted by atomic mass is 10.1. The molecule has 0 spiro atoms. The van der Waals surface area contributed by atoms with Crippen LogP contribution in [0.5, 0.6) is 0 Å². The van der Waals surface area contributed by atoms with Gasteiger partial charge in [0, 0.05) is 26.7 Å². The molecule has 0 radical (unpaired) electrons. The van der Waals surface area contributed by atoms with Crippen LogP contribution >= 0.6 is 0 Å². The van der Waals surface area contributed by atoms with Crippen LogP contribution in [0.4, 0.5) is 0 Å². The topological polar surface area (TPSA) is 40.6 Å². The minimum Gasteiger partial charge on any atom is -0.347 e. The zero-order valence-electron chi connectivity index (χ0n) is 11.7. The average Bonchev–Trinajstić information content (AvgIpc) is 2.31. The molecular formula is C14H20N2O2. The van der Waals surface area contributed by atoms with E-state index >= 15 is 0 Å². The molecule has 0 N–H and O–H groups in total. The van der Waals surface area contributed by atoms with E-state index < -0.39 is 0 Å². The predicted octanol–water partition coefficient (Wildman–Crippen LogP) is 1.46. The number of hydrogen-bond acceptors (Lipinski definition) is 2. The van der Waals surface area contributed by atoms with Crippen LogP contribution in [0, 0.1) is 13.8 Å². The zero-order chi connectivity index (χ0) is 13.9. The minimum absolute atomic E-state index is 0.0883. The lowest BCUT2D eigenvalue weighted by molar-refractivity contribution is -0.129. The summed E-state index contributed by atoms with van der Waals surface area (Å²) in [6.07, 6.45) is 0. The molecule has 0 aliphatic carbocycles. The SMILES string of the molecule is Cc1ccc(C(=O)N(C)CC(=O)N(C)C)cc1C. The first-order valence-corrected chi connectivity index (χ1v) is 5.85. The van der Waals surface area contributed by atoms with Crippen molar-refractivity contribution in [2.75, 3.05) is 27.7 Å². The molecule has 0 bridgehead atoms. The third-order valence-corrected chi connectivity index (χ3v) is 2.97. The van der Waals surface area contributed by atoms with E-state index in [2.05, 4.69) is 0 Å². The molecule has 4 heteroatoms. The maximum atomic E-state index is 12.1. The summed E-state index contributed by atoms with van der Waals surface area (Å²) in [7, 11) is 4.99. The van der Waals surface area contributed by atoms with Crippen molar-refractivity contribution in [3.63, 3.8) is 0 Å². The van der Waals surface area contributed by atoms with E-state index in [1.165, 1.54) is 9.80 Å². The van der Waals surface area contributed by atoms with Gasteiger partial charge in [0.1, 0.15) is 0 Å². The van der Waals surface area contributed by atoms with Crippen LogP contribution in [-0.2, 0) is 4.79 Å². The molecule has 0 heterocycles. The van der Waals surface area contributed by atoms with Crippen molar-refractivity contribution >= 4 is 11.8 Å². The van der Waals surface area contributed by atoms with Crippen LogP contribution in [0.1, 0.15) is 21.5 Å². The average molecular weight is 248 g/mol. The molecule has 1 aromatic carbocycles. The highest BCUT2D eigenvalue weighted by Crippen LogP contribution is 2.11. The van der Waals surface area contributed by atoms with Crippen LogP contribution in [0.15, 0.2) is 18.2 Å². The second-order valence-electron chi connectivity index (χ2n) is 4.75. The molecule has 0 fully saturated rings. The van der Waals surface area contributed by atoms with Crippen LogP contribution in [0.25, 0.3) is 0 Å². The maximum absolute atomic E-state index is 12.1. The number of likely N-dealkylation sites (N-methyl/N-ethyl adjacent to an activating group) is 2. The Labute approximate surface area is 108 Å². The number of rotatable bonds is 3. The molecule has 0 aliphatic heterocycles. The van der Waals surface area contributed by atoms with Crippen molar-refractivity contribution in [2.24, 2.45) is 0 Å². The molecule has 1 rings (SSSR count). The smallest absolute Gasteiger partial charge is 0.254 e. The van der Waals surface area contributed by atoms with Gasteiger partial charge >= 0.3 is 0 Å². The first-order chi connectivity index (χ1) is 8.32. The van der Waals surface area contributed by atoms with Gasteiger partial charge in [0.15, 0.2) is 0 Å². The van der Waals surface area contributed by atoms with Gasteiger partial charge < -0.3 is 9.80 Å². The van der Waals surface area contributed by atoms with Gasteiger partial charge in [0.05, 0.1) is 6.54 Å². The monoisotopic (exact) mass is 248 g/mol. The molecular weight excluding hydrogens is 228 g/mol. The Kier molecular flexibility index (Phi) is 4.48. The number of benzene rings is 1. The molecule has 4 nitrogen and oxygen atoms in total. The Balaban J connectivity index is 2.80. The third-order valence-electron chi connectivity index (χ3n) is 2.97. The van der Waals surface area contributed by atoms with Crippen LogP contribution in [0.3, 0.4) is 0 Å². The van der Waals surface area contributed by atoms with Gasteiger partial charge in [-0.2, -0.15) is 0 Å². The second-order valence-corrected chi connectivity index (χ2v) is 4.75. The van der Waals surface area contributed by atoms with E-state index in [1.54, 1.807) is 27.2 Å². The highest BCUT2D eigenvalue weighted by Gasteiger charge is 2.16. The van der Waals surface area contributed by atoms with Crippen molar-refractivity contribution < 1.29 is 9.59 Å². The van der Waals surface area contributed by atoms with E-state index in [9.17, 15) is 9.59 Å². The van der Waals surface area contributed by atoms with E-state index in [0.717, 1.165) is 11.1 Å².